The van der Waals surface area contributed by atoms with Crippen LogP contribution in [0.15, 0.2) is 105 Å². The predicted molar refractivity (Wildman–Crippen MR) is 205 cm³/mol. The van der Waals surface area contributed by atoms with Crippen LogP contribution >= 0.6 is 0 Å². The average molecular weight is 866 g/mol. The van der Waals surface area contributed by atoms with Crippen molar-refractivity contribution in [1.82, 2.24) is 9.97 Å². The summed E-state index contributed by atoms with van der Waals surface area (Å²) < 4.78 is 137. The molecule has 0 atom stereocenters. The summed E-state index contributed by atoms with van der Waals surface area (Å²) in [5.41, 5.74) is 1.94. The van der Waals surface area contributed by atoms with Crippen molar-refractivity contribution < 1.29 is 61.5 Å². The normalized spacial score (nSPS) is 16.1. The third-order valence-corrected chi connectivity index (χ3v) is 11.4. The summed E-state index contributed by atoms with van der Waals surface area (Å²) >= 11 is 0. The monoisotopic (exact) mass is 865 g/mol. The van der Waals surface area contributed by atoms with E-state index in [2.05, 4.69) is 31.0 Å². The number of nitrogens with zero attached hydrogens (tertiary/aromatic N) is 4. The molecular formula is C32H22N6NaO14S4. The summed E-state index contributed by atoms with van der Waals surface area (Å²) in [7, 11) is -19.7. The van der Waals surface area contributed by atoms with Gasteiger partial charge in [-0.15, -0.1) is 0 Å². The molecule has 0 amide bonds. The summed E-state index contributed by atoms with van der Waals surface area (Å²) in [6.45, 7) is 0. The van der Waals surface area contributed by atoms with Gasteiger partial charge in [0.1, 0.15) is 42.4 Å². The van der Waals surface area contributed by atoms with Crippen LogP contribution in [0, 0.1) is 0 Å². The Kier molecular flexibility index (Phi) is 12.1. The van der Waals surface area contributed by atoms with Gasteiger partial charge in [-0.3, -0.25) is 48.6 Å². The molecule has 0 bridgehead atoms. The van der Waals surface area contributed by atoms with E-state index in [-0.39, 0.29) is 74.6 Å². The third-order valence-electron chi connectivity index (χ3n) is 7.77. The van der Waals surface area contributed by atoms with Gasteiger partial charge >= 0.3 is 0 Å². The van der Waals surface area contributed by atoms with Gasteiger partial charge in [0.2, 0.25) is 11.6 Å². The number of pyridine rings is 2. The molecule has 2 aromatic heterocycles. The summed E-state index contributed by atoms with van der Waals surface area (Å²) in [5.74, 6) is -1.68. The molecule has 57 heavy (non-hydrogen) atoms. The molecule has 0 unspecified atom stereocenters. The molecule has 6 rings (SSSR count). The molecule has 25 heteroatoms. The van der Waals surface area contributed by atoms with Crippen molar-refractivity contribution in [1.29, 1.82) is 0 Å². The second-order valence-corrected chi connectivity index (χ2v) is 17.0. The minimum atomic E-state index is -5.01. The van der Waals surface area contributed by atoms with E-state index in [1.54, 1.807) is 0 Å². The van der Waals surface area contributed by atoms with E-state index in [0.29, 0.717) is 0 Å². The maximum atomic E-state index is 12.9. The van der Waals surface area contributed by atoms with Crippen molar-refractivity contribution in [3.05, 3.63) is 119 Å². The predicted octanol–water partition coefficient (Wildman–Crippen LogP) is 2.55. The molecule has 0 saturated carbocycles. The fourth-order valence-electron chi connectivity index (χ4n) is 5.30. The largest absolute Gasteiger partial charge is 0.295 e. The van der Waals surface area contributed by atoms with Crippen LogP contribution in [0.5, 0.6) is 0 Å². The molecule has 2 aliphatic rings. The summed E-state index contributed by atoms with van der Waals surface area (Å²) in [5, 5.41) is 7.64. The smallest absolute Gasteiger partial charge is 0.285 e. The minimum Gasteiger partial charge on any atom is -0.285 e. The first-order valence-corrected chi connectivity index (χ1v) is 20.9. The molecule has 0 fully saturated rings. The van der Waals surface area contributed by atoms with Gasteiger partial charge in [-0.05, 0) is 71.8 Å². The molecule has 0 aliphatic heterocycles. The number of aromatic nitrogens is 2. The van der Waals surface area contributed by atoms with Gasteiger partial charge in [-0.1, -0.05) is 24.3 Å². The van der Waals surface area contributed by atoms with Crippen LogP contribution in [0.1, 0.15) is 43.2 Å². The first-order chi connectivity index (χ1) is 26.1. The SMILES string of the molecule is O=C1C(=NNc2ccc(C=Cc3ccc(NN=C4C=C(S(=O)(=O)O)c5cccnc5C4=O)cc3S(=O)(=O)O)c(S(=O)(=O)O)c2)C=C(S(=O)(=O)O)c2cccnc21.[Na]. The number of hydrazone groups is 2. The Morgan fingerprint density at radius 1 is 0.544 bits per heavy atom. The van der Waals surface area contributed by atoms with Crippen LogP contribution in [0.4, 0.5) is 11.4 Å². The number of carbonyl (C=O) groups excluding carboxylic acids is 2. The van der Waals surface area contributed by atoms with Gasteiger partial charge in [0, 0.05) is 53.1 Å². The first kappa shape index (κ1) is 43.0. The number of hydrogen-bond acceptors (Lipinski definition) is 16. The Bertz CT molecular complexity index is 2820. The van der Waals surface area contributed by atoms with Gasteiger partial charge in [-0.2, -0.15) is 43.9 Å². The van der Waals surface area contributed by atoms with Crippen molar-refractivity contribution in [2.45, 2.75) is 9.79 Å². The van der Waals surface area contributed by atoms with E-state index >= 15 is 0 Å². The van der Waals surface area contributed by atoms with Crippen molar-refractivity contribution in [3.8, 4) is 0 Å². The number of fused-ring (bicyclic) bond motifs is 2. The fourth-order valence-corrected chi connectivity index (χ4v) is 8.13. The third kappa shape index (κ3) is 9.37. The van der Waals surface area contributed by atoms with Crippen molar-refractivity contribution in [2.24, 2.45) is 10.2 Å². The average Bonchev–Trinajstić information content (AvgIpc) is 3.12. The zero-order valence-corrected chi connectivity index (χ0v) is 33.8. The Balaban J connectivity index is 0.00000620. The molecule has 2 heterocycles. The molecule has 289 valence electrons. The minimum absolute atomic E-state index is 0. The second kappa shape index (κ2) is 16.0. The maximum Gasteiger partial charge on any atom is 0.295 e. The number of nitrogens with one attached hydrogen (secondary N) is 2. The van der Waals surface area contributed by atoms with Gasteiger partial charge in [0.15, 0.2) is 0 Å². The molecule has 6 N–H and O–H groups in total. The topological polar surface area (TPSA) is 326 Å². The van der Waals surface area contributed by atoms with E-state index in [1.165, 1.54) is 48.8 Å². The zero-order chi connectivity index (χ0) is 40.8. The van der Waals surface area contributed by atoms with Gasteiger partial charge in [0.25, 0.3) is 40.5 Å². The Labute approximate surface area is 345 Å². The van der Waals surface area contributed by atoms with E-state index in [0.717, 1.165) is 48.6 Å². The van der Waals surface area contributed by atoms with Gasteiger partial charge in [0.05, 0.1) is 11.4 Å². The van der Waals surface area contributed by atoms with Crippen molar-refractivity contribution >= 4 is 126 Å². The van der Waals surface area contributed by atoms with Crippen molar-refractivity contribution in [3.63, 3.8) is 0 Å². The number of benzene rings is 2. The van der Waals surface area contributed by atoms with E-state index in [1.807, 2.05) is 0 Å². The molecule has 20 nitrogen and oxygen atoms in total. The zero-order valence-electron chi connectivity index (χ0n) is 28.5. The number of ketones is 2. The molecular weight excluding hydrogens is 844 g/mol. The second-order valence-electron chi connectivity index (χ2n) is 11.4. The van der Waals surface area contributed by atoms with Crippen LogP contribution in [0.2, 0.25) is 0 Å². The number of carbonyl (C=O) groups is 2. The van der Waals surface area contributed by atoms with Crippen LogP contribution in [-0.4, -0.2) is 114 Å². The Hall–Kier alpha value is -5.12. The molecule has 4 aromatic rings. The van der Waals surface area contributed by atoms with Gasteiger partial charge < -0.3 is 0 Å². The summed E-state index contributed by atoms with van der Waals surface area (Å²) in [4.78, 5) is 30.7. The van der Waals surface area contributed by atoms with Crippen molar-refractivity contribution in [2.75, 3.05) is 10.9 Å². The molecule has 2 aliphatic carbocycles. The number of anilines is 2. The fraction of sp³-hybridized carbons (Fsp3) is 0. The summed E-state index contributed by atoms with van der Waals surface area (Å²) in [6, 6.07) is 11.7. The Morgan fingerprint density at radius 2 is 0.912 bits per heavy atom. The quantitative estimate of drug-likeness (QED) is 0.0577. The standard InChI is InChI=1S/C32H22N6O14S4.Na/c39-31-23(15-27(55(47,48)49)21-3-1-11-33-29(21)31)37-35-19-9-7-17(25(13-19)53(41,42)43)5-6-18-8-10-20(14-26(18)54(44,45)46)36-38-24-16-28(56(50,51)52)22-4-2-12-34-30(22)32(24)40;/h1-16,35-36H,(H,41,42,43)(H,44,45,46)(H,47,48,49)(H,50,51,52);. The molecule has 0 spiro atoms. The number of allylic oxidation sites excluding steroid dienone is 2. The number of Topliss-reactive ketones (excluding diaryl/α,β-unsaturated/α-hetero) is 2. The number of rotatable bonds is 10. The molecule has 1 radical (unpaired) electrons. The van der Waals surface area contributed by atoms with Crippen LogP contribution in [0.3, 0.4) is 0 Å². The summed E-state index contributed by atoms with van der Waals surface area (Å²) in [6.07, 6.45) is 6.11. The van der Waals surface area contributed by atoms with Crippen LogP contribution < -0.4 is 10.9 Å². The van der Waals surface area contributed by atoms with Crippen LogP contribution in [0.25, 0.3) is 22.0 Å². The van der Waals surface area contributed by atoms with E-state index in [4.69, 9.17) is 0 Å². The first-order valence-electron chi connectivity index (χ1n) is 15.1. The van der Waals surface area contributed by atoms with Crippen LogP contribution in [-0.2, 0) is 40.5 Å². The Morgan fingerprint density at radius 3 is 1.25 bits per heavy atom. The maximum absolute atomic E-state index is 12.9. The van der Waals surface area contributed by atoms with Gasteiger partial charge in [-0.25, -0.2) is 0 Å². The number of hydrogen-bond donors (Lipinski definition) is 6. The van der Waals surface area contributed by atoms with E-state index < -0.39 is 83.1 Å². The molecule has 0 saturated heterocycles. The molecule has 2 aromatic carbocycles. The van der Waals surface area contributed by atoms with E-state index in [9.17, 15) is 61.5 Å².